The fourth-order valence-corrected chi connectivity index (χ4v) is 2.90. The number of methoxy groups -OCH3 is 1. The maximum absolute atomic E-state index is 12.2. The van der Waals surface area contributed by atoms with Crippen LogP contribution in [0.2, 0.25) is 0 Å². The largest absolute Gasteiger partial charge is 0.452 e. The average molecular weight is 330 g/mol. The van der Waals surface area contributed by atoms with E-state index in [9.17, 15) is 4.79 Å². The van der Waals surface area contributed by atoms with Crippen molar-refractivity contribution >= 4 is 44.0 Å². The number of para-hydroxylation sites is 2. The first kappa shape index (κ1) is 12.9. The van der Waals surface area contributed by atoms with Crippen molar-refractivity contribution in [1.82, 2.24) is 0 Å². The molecule has 0 fully saturated rings. The zero-order valence-corrected chi connectivity index (χ0v) is 12.4. The van der Waals surface area contributed by atoms with E-state index in [1.165, 1.54) is 7.11 Å². The molecule has 3 nitrogen and oxygen atoms in total. The lowest BCUT2D eigenvalue weighted by molar-refractivity contribution is 0.181. The SMILES string of the molecule is COC(=O)N1c2ccccc2C=C(Br)c2ccccc21. The first-order valence-corrected chi connectivity index (χ1v) is 6.95. The standard InChI is InChI=1S/C16H12BrNO2/c1-20-16(19)18-14-8-4-2-6-11(14)10-13(17)12-7-3-5-9-15(12)18/h2-10H,1H3. The van der Waals surface area contributed by atoms with E-state index in [-0.39, 0.29) is 0 Å². The number of amides is 1. The van der Waals surface area contributed by atoms with Gasteiger partial charge in [0.2, 0.25) is 0 Å². The molecule has 20 heavy (non-hydrogen) atoms. The quantitative estimate of drug-likeness (QED) is 0.694. The number of anilines is 2. The van der Waals surface area contributed by atoms with Crippen LogP contribution in [0.25, 0.3) is 10.6 Å². The summed E-state index contributed by atoms with van der Waals surface area (Å²) >= 11 is 3.59. The minimum Gasteiger partial charge on any atom is -0.452 e. The number of nitrogens with zero attached hydrogens (tertiary/aromatic N) is 1. The van der Waals surface area contributed by atoms with Gasteiger partial charge in [-0.2, -0.15) is 0 Å². The fraction of sp³-hybridized carbons (Fsp3) is 0.0625. The third-order valence-corrected chi connectivity index (χ3v) is 3.88. The van der Waals surface area contributed by atoms with Gasteiger partial charge in [0.1, 0.15) is 0 Å². The lowest BCUT2D eigenvalue weighted by Crippen LogP contribution is -2.26. The van der Waals surface area contributed by atoms with Crippen LogP contribution in [-0.4, -0.2) is 13.2 Å². The topological polar surface area (TPSA) is 29.5 Å². The Morgan fingerprint density at radius 2 is 1.70 bits per heavy atom. The summed E-state index contributed by atoms with van der Waals surface area (Å²) in [7, 11) is 1.39. The number of hydrogen-bond donors (Lipinski definition) is 0. The number of carbonyl (C=O) groups excluding carboxylic acids is 1. The highest BCUT2D eigenvalue weighted by molar-refractivity contribution is 9.15. The zero-order chi connectivity index (χ0) is 14.1. The van der Waals surface area contributed by atoms with E-state index in [2.05, 4.69) is 15.9 Å². The second-order valence-corrected chi connectivity index (χ2v) is 5.23. The predicted molar refractivity (Wildman–Crippen MR) is 84.2 cm³/mol. The third kappa shape index (κ3) is 2.02. The van der Waals surface area contributed by atoms with Crippen molar-refractivity contribution in [3.05, 3.63) is 59.7 Å². The van der Waals surface area contributed by atoms with Crippen LogP contribution in [0, 0.1) is 0 Å². The van der Waals surface area contributed by atoms with Crippen LogP contribution in [0.15, 0.2) is 48.5 Å². The van der Waals surface area contributed by atoms with Crippen molar-refractivity contribution in [3.8, 4) is 0 Å². The van der Waals surface area contributed by atoms with Crippen LogP contribution < -0.4 is 4.90 Å². The number of rotatable bonds is 0. The Hall–Kier alpha value is -2.07. The summed E-state index contributed by atoms with van der Waals surface area (Å²) in [5, 5.41) is 0. The monoisotopic (exact) mass is 329 g/mol. The maximum atomic E-state index is 12.2. The van der Waals surface area contributed by atoms with Crippen molar-refractivity contribution in [2.24, 2.45) is 0 Å². The third-order valence-electron chi connectivity index (χ3n) is 3.22. The molecule has 1 heterocycles. The van der Waals surface area contributed by atoms with Crippen molar-refractivity contribution in [2.75, 3.05) is 12.0 Å². The Kier molecular flexibility index (Phi) is 3.32. The lowest BCUT2D eigenvalue weighted by atomic mass is 10.1. The van der Waals surface area contributed by atoms with Crippen molar-refractivity contribution in [3.63, 3.8) is 0 Å². The Morgan fingerprint density at radius 3 is 2.45 bits per heavy atom. The van der Waals surface area contributed by atoms with Crippen LogP contribution in [0.1, 0.15) is 11.1 Å². The van der Waals surface area contributed by atoms with Crippen molar-refractivity contribution in [1.29, 1.82) is 0 Å². The summed E-state index contributed by atoms with van der Waals surface area (Å²) in [5.74, 6) is 0. The lowest BCUT2D eigenvalue weighted by Gasteiger charge is -2.23. The molecule has 1 amide bonds. The summed E-state index contributed by atoms with van der Waals surface area (Å²) in [6, 6.07) is 15.5. The number of hydrogen-bond acceptors (Lipinski definition) is 2. The van der Waals surface area contributed by atoms with Gasteiger partial charge in [-0.3, -0.25) is 0 Å². The maximum Gasteiger partial charge on any atom is 0.418 e. The van der Waals surface area contributed by atoms with Gasteiger partial charge in [-0.25, -0.2) is 9.69 Å². The van der Waals surface area contributed by atoms with Gasteiger partial charge in [0.05, 0.1) is 18.5 Å². The van der Waals surface area contributed by atoms with Crippen LogP contribution in [0.3, 0.4) is 0 Å². The zero-order valence-electron chi connectivity index (χ0n) is 10.8. The van der Waals surface area contributed by atoms with Gasteiger partial charge in [-0.1, -0.05) is 52.3 Å². The molecule has 1 aliphatic heterocycles. The second-order valence-electron chi connectivity index (χ2n) is 4.37. The van der Waals surface area contributed by atoms with Gasteiger partial charge >= 0.3 is 6.09 Å². The normalized spacial score (nSPS) is 12.9. The molecule has 0 aliphatic carbocycles. The van der Waals surface area contributed by atoms with Crippen LogP contribution in [-0.2, 0) is 4.74 Å². The summed E-state index contributed by atoms with van der Waals surface area (Å²) in [6.45, 7) is 0. The molecule has 0 saturated carbocycles. The Morgan fingerprint density at radius 1 is 1.05 bits per heavy atom. The van der Waals surface area contributed by atoms with E-state index in [4.69, 9.17) is 4.74 Å². The van der Waals surface area contributed by atoms with Crippen molar-refractivity contribution in [2.45, 2.75) is 0 Å². The number of carbonyl (C=O) groups is 1. The van der Waals surface area contributed by atoms with Gasteiger partial charge in [0.25, 0.3) is 0 Å². The summed E-state index contributed by atoms with van der Waals surface area (Å²) in [4.78, 5) is 13.8. The molecule has 0 N–H and O–H groups in total. The van der Waals surface area contributed by atoms with Crippen LogP contribution >= 0.6 is 15.9 Å². The Balaban J connectivity index is 2.32. The van der Waals surface area contributed by atoms with Gasteiger partial charge in [0.15, 0.2) is 0 Å². The van der Waals surface area contributed by atoms with Crippen LogP contribution in [0.5, 0.6) is 0 Å². The molecule has 0 unspecified atom stereocenters. The Bertz CT molecular complexity index is 709. The fourth-order valence-electron chi connectivity index (χ4n) is 2.32. The summed E-state index contributed by atoms with van der Waals surface area (Å²) < 4.78 is 5.88. The van der Waals surface area contributed by atoms with Gasteiger partial charge in [-0.05, 0) is 23.8 Å². The Labute approximate surface area is 125 Å². The minimum absolute atomic E-state index is 0.402. The van der Waals surface area contributed by atoms with Gasteiger partial charge in [0, 0.05) is 10.0 Å². The molecule has 0 atom stereocenters. The smallest absolute Gasteiger partial charge is 0.418 e. The molecule has 100 valence electrons. The number of halogens is 1. The molecular weight excluding hydrogens is 318 g/mol. The molecule has 2 aromatic rings. The molecule has 4 heteroatoms. The highest BCUT2D eigenvalue weighted by Gasteiger charge is 2.26. The highest BCUT2D eigenvalue weighted by Crippen LogP contribution is 2.41. The first-order valence-electron chi connectivity index (χ1n) is 6.16. The van der Waals surface area contributed by atoms with Gasteiger partial charge in [-0.15, -0.1) is 0 Å². The van der Waals surface area contributed by atoms with E-state index < -0.39 is 6.09 Å². The van der Waals surface area contributed by atoms with E-state index in [0.717, 1.165) is 27.0 Å². The average Bonchev–Trinajstić information content (AvgIpc) is 2.61. The summed E-state index contributed by atoms with van der Waals surface area (Å²) in [5.41, 5.74) is 3.52. The minimum atomic E-state index is -0.402. The molecule has 0 spiro atoms. The van der Waals surface area contributed by atoms with Crippen LogP contribution in [0.4, 0.5) is 16.2 Å². The van der Waals surface area contributed by atoms with Crippen molar-refractivity contribution < 1.29 is 9.53 Å². The molecule has 0 radical (unpaired) electrons. The molecule has 3 rings (SSSR count). The molecular formula is C16H12BrNO2. The molecule has 0 bridgehead atoms. The molecule has 1 aliphatic rings. The van der Waals surface area contributed by atoms with E-state index in [1.54, 1.807) is 4.90 Å². The summed E-state index contributed by atoms with van der Waals surface area (Å²) in [6.07, 6.45) is 1.61. The van der Waals surface area contributed by atoms with E-state index >= 15 is 0 Å². The molecule has 2 aromatic carbocycles. The van der Waals surface area contributed by atoms with E-state index in [1.807, 2.05) is 54.6 Å². The number of fused-ring (bicyclic) bond motifs is 2. The van der Waals surface area contributed by atoms with Gasteiger partial charge < -0.3 is 4.74 Å². The molecule has 0 saturated heterocycles. The number of benzene rings is 2. The van der Waals surface area contributed by atoms with E-state index in [0.29, 0.717) is 0 Å². The number of ether oxygens (including phenoxy) is 1. The second kappa shape index (κ2) is 5.13. The molecule has 0 aromatic heterocycles. The highest BCUT2D eigenvalue weighted by atomic mass is 79.9. The first-order chi connectivity index (χ1) is 9.72. The predicted octanol–water partition coefficient (Wildman–Crippen LogP) is 4.80.